The summed E-state index contributed by atoms with van der Waals surface area (Å²) in [6, 6.07) is 23.3. The summed E-state index contributed by atoms with van der Waals surface area (Å²) >= 11 is 0. The van der Waals surface area contributed by atoms with E-state index in [9.17, 15) is 20.1 Å². The predicted octanol–water partition coefficient (Wildman–Crippen LogP) is 7.49. The Balaban J connectivity index is 1.51. The summed E-state index contributed by atoms with van der Waals surface area (Å²) in [5.74, 6) is -0.0501. The van der Waals surface area contributed by atoms with E-state index in [2.05, 4.69) is 36.0 Å². The molecule has 3 aromatic rings. The highest BCUT2D eigenvalue weighted by Gasteiger charge is 2.65. The van der Waals surface area contributed by atoms with E-state index in [0.29, 0.717) is 35.8 Å². The number of carbonyl (C=O) groups is 1. The van der Waals surface area contributed by atoms with Crippen LogP contribution in [0.3, 0.4) is 0 Å². The number of hydrogen-bond acceptors (Lipinski definition) is 11. The van der Waals surface area contributed by atoms with E-state index in [4.69, 9.17) is 28.5 Å². The number of carbonyl (C=O) groups excluding carboxylic acids is 1. The Kier molecular flexibility index (Phi) is 15.4. The number of nitrogens with zero attached hydrogens (tertiary/aromatic N) is 2. The van der Waals surface area contributed by atoms with E-state index in [0.717, 1.165) is 47.9 Å². The maximum Gasteiger partial charge on any atom is 0.410 e. The largest absolute Gasteiger partial charge is 0.459 e. The van der Waals surface area contributed by atoms with Gasteiger partial charge < -0.3 is 43.8 Å². The summed E-state index contributed by atoms with van der Waals surface area (Å²) in [6.07, 6.45) is 8.18. The van der Waals surface area contributed by atoms with Gasteiger partial charge in [-0.25, -0.2) is 4.79 Å². The number of hydrogen-bond donors (Lipinski definition) is 3. The maximum absolute atomic E-state index is 13.8. The molecule has 58 heavy (non-hydrogen) atoms. The highest BCUT2D eigenvalue weighted by Crippen LogP contribution is 2.62. The van der Waals surface area contributed by atoms with Crippen molar-refractivity contribution in [3.8, 4) is 28.4 Å². The minimum absolute atomic E-state index is 0.0516. The van der Waals surface area contributed by atoms with Crippen LogP contribution in [-0.2, 0) is 19.0 Å². The summed E-state index contributed by atoms with van der Waals surface area (Å²) in [7, 11) is 2.85. The lowest BCUT2D eigenvalue weighted by atomic mass is 9.55. The van der Waals surface area contributed by atoms with Gasteiger partial charge in [0, 0.05) is 37.7 Å². The number of benzene rings is 3. The zero-order chi connectivity index (χ0) is 40.9. The lowest BCUT2D eigenvalue weighted by Gasteiger charge is -2.59. The number of unbranched alkanes of at least 4 members (excludes halogenated alkanes) is 2. The van der Waals surface area contributed by atoms with Crippen LogP contribution in [0.1, 0.15) is 56.4 Å². The summed E-state index contributed by atoms with van der Waals surface area (Å²) in [5.41, 5.74) is 4.75. The average molecular weight is 799 g/mol. The molecule has 0 radical (unpaired) electrons. The molecule has 2 aliphatic carbocycles. The third-order valence-electron chi connectivity index (χ3n) is 11.5. The normalized spacial score (nSPS) is 23.8. The molecule has 12 heteroatoms. The highest BCUT2D eigenvalue weighted by atomic mass is 16.7. The smallest absolute Gasteiger partial charge is 0.410 e. The lowest BCUT2D eigenvalue weighted by Crippen LogP contribution is -2.70. The molecule has 1 aliphatic heterocycles. The number of aliphatic hydroxyl groups is 3. The van der Waals surface area contributed by atoms with Gasteiger partial charge in [0.05, 0.1) is 45.2 Å². The van der Waals surface area contributed by atoms with Gasteiger partial charge in [0.2, 0.25) is 5.79 Å². The Morgan fingerprint density at radius 1 is 0.914 bits per heavy atom. The van der Waals surface area contributed by atoms with Gasteiger partial charge in [-0.05, 0) is 84.6 Å². The number of fused-ring (bicyclic) bond motifs is 2. The van der Waals surface area contributed by atoms with Crippen LogP contribution in [-0.4, -0.2) is 104 Å². The van der Waals surface area contributed by atoms with Crippen molar-refractivity contribution in [2.24, 2.45) is 22.9 Å². The van der Waals surface area contributed by atoms with Crippen molar-refractivity contribution in [1.82, 2.24) is 4.90 Å². The second kappa shape index (κ2) is 20.8. The number of rotatable bonds is 21. The molecule has 3 N–H and O–H groups in total. The van der Waals surface area contributed by atoms with Crippen LogP contribution < -0.4 is 9.47 Å². The predicted molar refractivity (Wildman–Crippen MR) is 221 cm³/mol. The minimum Gasteiger partial charge on any atom is -0.459 e. The quantitative estimate of drug-likeness (QED) is 0.0563. The molecule has 0 bridgehead atoms. The van der Waals surface area contributed by atoms with Crippen molar-refractivity contribution in [3.63, 3.8) is 0 Å². The van der Waals surface area contributed by atoms with E-state index in [-0.39, 0.29) is 70.4 Å². The Hall–Kier alpha value is -4.72. The molecule has 1 amide bonds. The van der Waals surface area contributed by atoms with Gasteiger partial charge in [-0.3, -0.25) is 4.90 Å². The van der Waals surface area contributed by atoms with Crippen LogP contribution >= 0.6 is 0 Å². The molecule has 0 spiro atoms. The van der Waals surface area contributed by atoms with Gasteiger partial charge in [-0.15, -0.1) is 6.58 Å². The molecule has 0 aromatic heterocycles. The monoisotopic (exact) mass is 798 g/mol. The van der Waals surface area contributed by atoms with Crippen LogP contribution in [0.2, 0.25) is 0 Å². The summed E-state index contributed by atoms with van der Waals surface area (Å²) in [6.45, 7) is 4.52. The zero-order valence-corrected chi connectivity index (χ0v) is 33.7. The van der Waals surface area contributed by atoms with Crippen molar-refractivity contribution in [2.45, 2.75) is 62.7 Å². The summed E-state index contributed by atoms with van der Waals surface area (Å²) < 4.78 is 31.7. The first-order valence-electron chi connectivity index (χ1n) is 20.4. The molecule has 312 valence electrons. The first-order chi connectivity index (χ1) is 28.4. The third-order valence-corrected chi connectivity index (χ3v) is 11.5. The number of oxime groups is 1. The maximum atomic E-state index is 13.8. The second-order valence-electron chi connectivity index (χ2n) is 14.9. The number of aliphatic hydroxyl groups excluding tert-OH is 3. The summed E-state index contributed by atoms with van der Waals surface area (Å²) in [4.78, 5) is 20.9. The second-order valence-corrected chi connectivity index (χ2v) is 14.9. The first kappa shape index (κ1) is 42.9. The molecule has 6 atom stereocenters. The lowest BCUT2D eigenvalue weighted by molar-refractivity contribution is -0.255. The fourth-order valence-corrected chi connectivity index (χ4v) is 9.13. The van der Waals surface area contributed by atoms with Crippen molar-refractivity contribution < 1.29 is 48.6 Å². The number of ether oxygens (including phenoxy) is 5. The van der Waals surface area contributed by atoms with E-state index in [1.165, 1.54) is 14.2 Å². The Morgan fingerprint density at radius 3 is 2.33 bits per heavy atom. The van der Waals surface area contributed by atoms with Gasteiger partial charge in [0.25, 0.3) is 0 Å². The van der Waals surface area contributed by atoms with E-state index in [1.807, 2.05) is 54.6 Å². The SMILES string of the molecule is C=CCO[C@@]12Oc3ccc(Oc4ccc(-c5ccccc5)cc4)cc3[C@H]3[C@H](CCCCO)[C@@H](CCCCO)C=C(C(=NOC)C[C@@H]1N(CCOCCO)C(=O)OC)[C@H]32. The van der Waals surface area contributed by atoms with Crippen molar-refractivity contribution in [2.75, 3.05) is 60.4 Å². The molecular formula is C46H58N2O10. The van der Waals surface area contributed by atoms with Crippen LogP contribution in [0.4, 0.5) is 4.79 Å². The number of methoxy groups -OCH3 is 1. The van der Waals surface area contributed by atoms with Crippen LogP contribution in [0.15, 0.2) is 102 Å². The van der Waals surface area contributed by atoms with Crippen LogP contribution in [0, 0.1) is 17.8 Å². The van der Waals surface area contributed by atoms with Gasteiger partial charge in [0.1, 0.15) is 30.4 Å². The van der Waals surface area contributed by atoms with Crippen molar-refractivity contribution in [3.05, 3.63) is 103 Å². The molecular weight excluding hydrogens is 741 g/mol. The zero-order valence-electron chi connectivity index (χ0n) is 33.7. The standard InChI is InChI=1S/C46H58N2O10/c1-4-26-56-46-42(48(45(52)53-2)22-27-55-28-25-51)31-40(47-54-3)38-29-34(14-8-10-23-49)37(15-9-11-24-50)43(44(38)46)39-30-36(20-21-41(39)58-46)57-35-18-16-33(17-19-35)32-12-6-5-7-13-32/h4-7,12-13,16-21,29-30,34,37,42-44,49-51H,1,8-11,14-15,22-28,31H2,2-3H3/t34-,37+,42-,43+,44+,46+/m0/s1. The molecule has 1 heterocycles. The fourth-order valence-electron chi connectivity index (χ4n) is 9.13. The first-order valence-corrected chi connectivity index (χ1v) is 20.4. The van der Waals surface area contributed by atoms with Crippen LogP contribution in [0.5, 0.6) is 17.2 Å². The number of amides is 1. The fraction of sp³-hybridized carbons (Fsp3) is 0.478. The van der Waals surface area contributed by atoms with Gasteiger partial charge in [0.15, 0.2) is 0 Å². The van der Waals surface area contributed by atoms with Crippen molar-refractivity contribution >= 4 is 11.8 Å². The summed E-state index contributed by atoms with van der Waals surface area (Å²) in [5, 5.41) is 33.7. The van der Waals surface area contributed by atoms with Gasteiger partial charge in [-0.2, -0.15) is 0 Å². The molecule has 1 saturated carbocycles. The molecule has 0 unspecified atom stereocenters. The van der Waals surface area contributed by atoms with Gasteiger partial charge >= 0.3 is 6.09 Å². The number of allylic oxidation sites excluding steroid dienone is 1. The topological polar surface area (TPSA) is 149 Å². The Labute approximate surface area is 341 Å². The molecule has 0 saturated heterocycles. The minimum atomic E-state index is -1.43. The van der Waals surface area contributed by atoms with Gasteiger partial charge in [-0.1, -0.05) is 72.6 Å². The van der Waals surface area contributed by atoms with E-state index >= 15 is 0 Å². The molecule has 3 aliphatic rings. The Bertz CT molecular complexity index is 1850. The van der Waals surface area contributed by atoms with Crippen LogP contribution in [0.25, 0.3) is 11.1 Å². The average Bonchev–Trinajstić information content (AvgIpc) is 3.25. The van der Waals surface area contributed by atoms with E-state index in [1.54, 1.807) is 11.0 Å². The van der Waals surface area contributed by atoms with E-state index < -0.39 is 23.8 Å². The third kappa shape index (κ3) is 9.43. The molecule has 6 rings (SSSR count). The van der Waals surface area contributed by atoms with Crippen molar-refractivity contribution in [1.29, 1.82) is 0 Å². The highest BCUT2D eigenvalue weighted by molar-refractivity contribution is 6.03. The molecule has 3 aromatic carbocycles. The molecule has 12 nitrogen and oxygen atoms in total. The Morgan fingerprint density at radius 2 is 1.64 bits per heavy atom. The molecule has 1 fully saturated rings.